The van der Waals surface area contributed by atoms with E-state index in [1.54, 1.807) is 17.7 Å². The van der Waals surface area contributed by atoms with Crippen LogP contribution in [0.2, 0.25) is 0 Å². The van der Waals surface area contributed by atoms with Crippen LogP contribution in [0.25, 0.3) is 10.2 Å². The van der Waals surface area contributed by atoms with Gasteiger partial charge in [-0.15, -0.1) is 11.3 Å². The highest BCUT2D eigenvalue weighted by Crippen LogP contribution is 2.25. The van der Waals surface area contributed by atoms with Crippen molar-refractivity contribution < 1.29 is 0 Å². The Labute approximate surface area is 115 Å². The van der Waals surface area contributed by atoms with E-state index in [4.69, 9.17) is 0 Å². The van der Waals surface area contributed by atoms with Crippen LogP contribution in [0.1, 0.15) is 17.0 Å². The SMILES string of the molecule is Cc1nn(C)c(C)c1CNc1ncnc2ccsc12. The molecule has 0 saturated carbocycles. The number of nitrogens with one attached hydrogen (secondary N) is 1. The molecule has 0 aromatic carbocycles. The minimum Gasteiger partial charge on any atom is -0.365 e. The number of anilines is 1. The molecule has 0 saturated heterocycles. The molecule has 19 heavy (non-hydrogen) atoms. The summed E-state index contributed by atoms with van der Waals surface area (Å²) in [5, 5.41) is 9.85. The number of nitrogens with zero attached hydrogens (tertiary/aromatic N) is 4. The molecule has 3 rings (SSSR count). The van der Waals surface area contributed by atoms with E-state index in [2.05, 4.69) is 27.3 Å². The average Bonchev–Trinajstić information content (AvgIpc) is 2.95. The van der Waals surface area contributed by atoms with Gasteiger partial charge < -0.3 is 5.32 Å². The quantitative estimate of drug-likeness (QED) is 0.797. The van der Waals surface area contributed by atoms with E-state index in [1.165, 1.54) is 11.3 Å². The van der Waals surface area contributed by atoms with E-state index in [1.807, 2.05) is 30.1 Å². The minimum atomic E-state index is 0.732. The first-order valence-corrected chi connectivity index (χ1v) is 6.96. The summed E-state index contributed by atoms with van der Waals surface area (Å²) in [4.78, 5) is 8.56. The molecular weight excluding hydrogens is 258 g/mol. The van der Waals surface area contributed by atoms with E-state index in [0.29, 0.717) is 0 Å². The third-order valence-electron chi connectivity index (χ3n) is 3.33. The zero-order valence-electron chi connectivity index (χ0n) is 11.1. The maximum atomic E-state index is 4.42. The summed E-state index contributed by atoms with van der Waals surface area (Å²) in [7, 11) is 1.97. The van der Waals surface area contributed by atoms with E-state index in [-0.39, 0.29) is 0 Å². The third-order valence-corrected chi connectivity index (χ3v) is 4.25. The number of hydrogen-bond acceptors (Lipinski definition) is 5. The molecule has 0 aliphatic heterocycles. The van der Waals surface area contributed by atoms with E-state index < -0.39 is 0 Å². The average molecular weight is 273 g/mol. The largest absolute Gasteiger partial charge is 0.365 e. The van der Waals surface area contributed by atoms with Gasteiger partial charge in [0.05, 0.1) is 15.9 Å². The van der Waals surface area contributed by atoms with Gasteiger partial charge in [0.1, 0.15) is 12.1 Å². The van der Waals surface area contributed by atoms with Crippen LogP contribution >= 0.6 is 11.3 Å². The van der Waals surface area contributed by atoms with Crippen LogP contribution in [0, 0.1) is 13.8 Å². The monoisotopic (exact) mass is 273 g/mol. The Bertz CT molecular complexity index is 728. The number of thiophene rings is 1. The number of aromatic nitrogens is 4. The van der Waals surface area contributed by atoms with Crippen LogP contribution in [0.3, 0.4) is 0 Å². The van der Waals surface area contributed by atoms with Gasteiger partial charge in [-0.2, -0.15) is 5.10 Å². The summed E-state index contributed by atoms with van der Waals surface area (Å²) in [6.07, 6.45) is 1.60. The van der Waals surface area contributed by atoms with Crippen LogP contribution < -0.4 is 5.32 Å². The highest BCUT2D eigenvalue weighted by Gasteiger charge is 2.10. The van der Waals surface area contributed by atoms with Crippen molar-refractivity contribution in [2.24, 2.45) is 7.05 Å². The van der Waals surface area contributed by atoms with E-state index >= 15 is 0 Å². The fourth-order valence-electron chi connectivity index (χ4n) is 2.16. The van der Waals surface area contributed by atoms with Gasteiger partial charge in [-0.25, -0.2) is 9.97 Å². The highest BCUT2D eigenvalue weighted by atomic mass is 32.1. The molecule has 0 amide bonds. The second kappa shape index (κ2) is 4.62. The molecule has 0 unspecified atom stereocenters. The molecular formula is C13H15N5S. The molecule has 0 radical (unpaired) electrons. The van der Waals surface area contributed by atoms with Crippen LogP contribution in [-0.4, -0.2) is 19.7 Å². The molecule has 5 nitrogen and oxygen atoms in total. The summed E-state index contributed by atoms with van der Waals surface area (Å²) in [6.45, 7) is 4.85. The van der Waals surface area contributed by atoms with Gasteiger partial charge in [-0.3, -0.25) is 4.68 Å². The Morgan fingerprint density at radius 3 is 2.89 bits per heavy atom. The van der Waals surface area contributed by atoms with Crippen molar-refractivity contribution in [2.75, 3.05) is 5.32 Å². The molecule has 0 aliphatic carbocycles. The third kappa shape index (κ3) is 2.08. The molecule has 98 valence electrons. The van der Waals surface area contributed by atoms with Crippen molar-refractivity contribution in [3.8, 4) is 0 Å². The molecule has 0 spiro atoms. The van der Waals surface area contributed by atoms with Gasteiger partial charge in [0.25, 0.3) is 0 Å². The maximum absolute atomic E-state index is 4.42. The normalized spacial score (nSPS) is 11.1. The van der Waals surface area contributed by atoms with Crippen molar-refractivity contribution >= 4 is 27.4 Å². The van der Waals surface area contributed by atoms with Crippen molar-refractivity contribution in [3.05, 3.63) is 34.7 Å². The van der Waals surface area contributed by atoms with Crippen LogP contribution in [0.5, 0.6) is 0 Å². The maximum Gasteiger partial charge on any atom is 0.147 e. The van der Waals surface area contributed by atoms with Crippen LogP contribution in [0.15, 0.2) is 17.8 Å². The van der Waals surface area contributed by atoms with Gasteiger partial charge in [0, 0.05) is 24.8 Å². The Balaban J connectivity index is 1.88. The molecule has 6 heteroatoms. The molecule has 0 bridgehead atoms. The van der Waals surface area contributed by atoms with Crippen molar-refractivity contribution in [1.29, 1.82) is 0 Å². The Morgan fingerprint density at radius 2 is 2.16 bits per heavy atom. The highest BCUT2D eigenvalue weighted by molar-refractivity contribution is 7.17. The van der Waals surface area contributed by atoms with Crippen LogP contribution in [-0.2, 0) is 13.6 Å². The fourth-order valence-corrected chi connectivity index (χ4v) is 2.97. The lowest BCUT2D eigenvalue weighted by Gasteiger charge is -2.06. The lowest BCUT2D eigenvalue weighted by molar-refractivity contribution is 0.730. The second-order valence-corrected chi connectivity index (χ2v) is 5.40. The molecule has 1 N–H and O–H groups in total. The lowest BCUT2D eigenvalue weighted by atomic mass is 10.2. The van der Waals surface area contributed by atoms with Gasteiger partial charge in [0.15, 0.2) is 0 Å². The van der Waals surface area contributed by atoms with Crippen molar-refractivity contribution in [3.63, 3.8) is 0 Å². The van der Waals surface area contributed by atoms with Crippen molar-refractivity contribution in [1.82, 2.24) is 19.7 Å². The predicted molar refractivity (Wildman–Crippen MR) is 77.4 cm³/mol. The standard InChI is InChI=1S/C13H15N5S/c1-8-10(9(2)18(3)17-8)6-14-13-12-11(4-5-19-12)15-7-16-13/h4-5,7H,6H2,1-3H3,(H,14,15,16). The first-order chi connectivity index (χ1) is 9.16. The molecule has 3 aromatic heterocycles. The first kappa shape index (κ1) is 12.1. The second-order valence-electron chi connectivity index (χ2n) is 4.48. The Kier molecular flexibility index (Phi) is 2.94. The molecule has 0 fully saturated rings. The fraction of sp³-hybridized carbons (Fsp3) is 0.308. The van der Waals surface area contributed by atoms with Gasteiger partial charge in [-0.05, 0) is 25.3 Å². The molecule has 0 atom stereocenters. The summed E-state index contributed by atoms with van der Waals surface area (Å²) >= 11 is 1.65. The zero-order valence-corrected chi connectivity index (χ0v) is 12.0. The number of rotatable bonds is 3. The molecule has 3 heterocycles. The smallest absolute Gasteiger partial charge is 0.147 e. The Morgan fingerprint density at radius 1 is 1.32 bits per heavy atom. The topological polar surface area (TPSA) is 55.6 Å². The minimum absolute atomic E-state index is 0.732. The summed E-state index contributed by atoms with van der Waals surface area (Å²) < 4.78 is 3.01. The first-order valence-electron chi connectivity index (χ1n) is 6.08. The van der Waals surface area contributed by atoms with Gasteiger partial charge in [0.2, 0.25) is 0 Å². The summed E-state index contributed by atoms with van der Waals surface area (Å²) in [5.41, 5.74) is 4.46. The zero-order chi connectivity index (χ0) is 13.4. The summed E-state index contributed by atoms with van der Waals surface area (Å²) in [6, 6.07) is 2.01. The lowest BCUT2D eigenvalue weighted by Crippen LogP contribution is -2.04. The van der Waals surface area contributed by atoms with Gasteiger partial charge in [-0.1, -0.05) is 0 Å². The number of aryl methyl sites for hydroxylation is 2. The predicted octanol–water partition coefficient (Wildman–Crippen LogP) is 2.65. The summed E-state index contributed by atoms with van der Waals surface area (Å²) in [5.74, 6) is 0.891. The molecule has 0 aliphatic rings. The number of fused-ring (bicyclic) bond motifs is 1. The van der Waals surface area contributed by atoms with Crippen molar-refractivity contribution in [2.45, 2.75) is 20.4 Å². The van der Waals surface area contributed by atoms with Crippen LogP contribution in [0.4, 0.5) is 5.82 Å². The number of hydrogen-bond donors (Lipinski definition) is 1. The Hall–Kier alpha value is -1.95. The van der Waals surface area contributed by atoms with E-state index in [0.717, 1.165) is 28.3 Å². The van der Waals surface area contributed by atoms with Gasteiger partial charge >= 0.3 is 0 Å². The molecule has 3 aromatic rings. The van der Waals surface area contributed by atoms with E-state index in [9.17, 15) is 0 Å².